The van der Waals surface area contributed by atoms with Crippen molar-refractivity contribution in [2.45, 2.75) is 24.8 Å². The fraction of sp³-hybridized carbons (Fsp3) is 0.130. The first-order valence-electron chi connectivity index (χ1n) is 9.70. The van der Waals surface area contributed by atoms with Crippen molar-refractivity contribution in [3.8, 4) is 5.69 Å². The van der Waals surface area contributed by atoms with Crippen molar-refractivity contribution in [2.24, 2.45) is 0 Å². The Labute approximate surface area is 185 Å². The molecule has 8 heteroatoms. The van der Waals surface area contributed by atoms with Gasteiger partial charge in [-0.05, 0) is 37.1 Å². The number of hydrogen-bond donors (Lipinski definition) is 0. The number of rotatable bonds is 4. The van der Waals surface area contributed by atoms with Crippen LogP contribution >= 0.6 is 23.1 Å². The van der Waals surface area contributed by atoms with Crippen LogP contribution in [0, 0.1) is 13.8 Å². The minimum absolute atomic E-state index is 0.104. The van der Waals surface area contributed by atoms with Crippen molar-refractivity contribution in [3.05, 3.63) is 97.6 Å². The summed E-state index contributed by atoms with van der Waals surface area (Å²) in [5.74, 6) is 0.430. The van der Waals surface area contributed by atoms with E-state index in [9.17, 15) is 9.59 Å². The van der Waals surface area contributed by atoms with E-state index in [0.29, 0.717) is 32.5 Å². The average Bonchev–Trinajstić information content (AvgIpc) is 3.23. The molecule has 0 saturated carbocycles. The summed E-state index contributed by atoms with van der Waals surface area (Å²) in [7, 11) is 0. The lowest BCUT2D eigenvalue weighted by Gasteiger charge is -2.17. The Hall–Kier alpha value is -3.23. The number of aryl methyl sites for hydroxylation is 2. The van der Waals surface area contributed by atoms with E-state index in [1.807, 2.05) is 55.6 Å². The molecule has 3 heterocycles. The van der Waals surface area contributed by atoms with E-state index < -0.39 is 0 Å². The third kappa shape index (κ3) is 3.47. The number of thiazole rings is 1. The average molecular weight is 447 g/mol. The minimum Gasteiger partial charge on any atom is -0.269 e. The molecule has 2 aromatic carbocycles. The van der Waals surface area contributed by atoms with Crippen molar-refractivity contribution in [1.29, 1.82) is 0 Å². The summed E-state index contributed by atoms with van der Waals surface area (Å²) in [6, 6.07) is 14.9. The van der Waals surface area contributed by atoms with Gasteiger partial charge in [-0.1, -0.05) is 42.1 Å². The second kappa shape index (κ2) is 7.79. The van der Waals surface area contributed by atoms with E-state index in [1.54, 1.807) is 16.8 Å². The molecule has 0 aliphatic heterocycles. The Kier molecular flexibility index (Phi) is 4.95. The maximum atomic E-state index is 13.5. The van der Waals surface area contributed by atoms with Crippen LogP contribution in [0.3, 0.4) is 0 Å². The Morgan fingerprint density at radius 2 is 1.77 bits per heavy atom. The van der Waals surface area contributed by atoms with E-state index in [4.69, 9.17) is 4.98 Å². The third-order valence-corrected chi connectivity index (χ3v) is 6.84. The molecule has 0 unspecified atom stereocenters. The van der Waals surface area contributed by atoms with Gasteiger partial charge in [0.05, 0.1) is 22.3 Å². The van der Waals surface area contributed by atoms with Gasteiger partial charge >= 0.3 is 0 Å². The molecule has 0 fully saturated rings. The number of benzene rings is 2. The van der Waals surface area contributed by atoms with Gasteiger partial charge in [0, 0.05) is 23.4 Å². The van der Waals surface area contributed by atoms with Crippen LogP contribution in [0.25, 0.3) is 21.6 Å². The normalized spacial score (nSPS) is 11.4. The standard InChI is InChI=1S/C23H18N4O2S2/c1-14-6-5-7-15(2)20(14)27-21(29)17-8-3-4-9-18(17)25-23(27)31-13-16-12-19(28)26-10-11-30-22(26)24-16/h3-12H,13H2,1-2H3. The van der Waals surface area contributed by atoms with Crippen molar-refractivity contribution < 1.29 is 0 Å². The summed E-state index contributed by atoms with van der Waals surface area (Å²) in [5, 5.41) is 2.99. The Morgan fingerprint density at radius 3 is 2.58 bits per heavy atom. The molecule has 6 nitrogen and oxygen atoms in total. The lowest BCUT2D eigenvalue weighted by Crippen LogP contribution is -2.23. The van der Waals surface area contributed by atoms with Crippen LogP contribution in [-0.4, -0.2) is 18.9 Å². The molecule has 0 aliphatic carbocycles. The number of nitrogens with zero attached hydrogens (tertiary/aromatic N) is 4. The van der Waals surface area contributed by atoms with Gasteiger partial charge in [0.1, 0.15) is 0 Å². The van der Waals surface area contributed by atoms with E-state index in [1.165, 1.54) is 33.6 Å². The van der Waals surface area contributed by atoms with Crippen LogP contribution in [0.5, 0.6) is 0 Å². The van der Waals surface area contributed by atoms with Crippen molar-refractivity contribution in [1.82, 2.24) is 18.9 Å². The van der Waals surface area contributed by atoms with Crippen LogP contribution in [0.4, 0.5) is 0 Å². The van der Waals surface area contributed by atoms with E-state index in [-0.39, 0.29) is 11.1 Å². The van der Waals surface area contributed by atoms with E-state index in [2.05, 4.69) is 4.98 Å². The van der Waals surface area contributed by atoms with E-state index in [0.717, 1.165) is 16.8 Å². The molecule has 0 N–H and O–H groups in total. The summed E-state index contributed by atoms with van der Waals surface area (Å²) in [6.45, 7) is 3.98. The zero-order chi connectivity index (χ0) is 21.5. The topological polar surface area (TPSA) is 69.3 Å². The van der Waals surface area contributed by atoms with Gasteiger partial charge in [-0.15, -0.1) is 11.3 Å². The number of aromatic nitrogens is 4. The molecule has 5 aromatic rings. The molecule has 0 saturated heterocycles. The maximum absolute atomic E-state index is 13.5. The fourth-order valence-corrected chi connectivity index (χ4v) is 5.29. The highest BCUT2D eigenvalue weighted by Crippen LogP contribution is 2.27. The largest absolute Gasteiger partial charge is 0.269 e. The maximum Gasteiger partial charge on any atom is 0.266 e. The molecule has 0 spiro atoms. The Morgan fingerprint density at radius 1 is 1.00 bits per heavy atom. The van der Waals surface area contributed by atoms with Crippen LogP contribution < -0.4 is 11.1 Å². The molecule has 0 aliphatic rings. The van der Waals surface area contributed by atoms with Crippen molar-refractivity contribution >= 4 is 39.0 Å². The highest BCUT2D eigenvalue weighted by Gasteiger charge is 2.17. The summed E-state index contributed by atoms with van der Waals surface area (Å²) in [4.78, 5) is 35.9. The highest BCUT2D eigenvalue weighted by molar-refractivity contribution is 7.98. The summed E-state index contributed by atoms with van der Waals surface area (Å²) < 4.78 is 3.22. The number of hydrogen-bond acceptors (Lipinski definition) is 6. The Bertz CT molecular complexity index is 1550. The summed E-state index contributed by atoms with van der Waals surface area (Å²) >= 11 is 2.82. The van der Waals surface area contributed by atoms with Crippen LogP contribution in [0.2, 0.25) is 0 Å². The molecular weight excluding hydrogens is 428 g/mol. The first kappa shape index (κ1) is 19.7. The quantitative estimate of drug-likeness (QED) is 0.303. The van der Waals surface area contributed by atoms with Gasteiger partial charge in [0.25, 0.3) is 11.1 Å². The van der Waals surface area contributed by atoms with Crippen LogP contribution in [-0.2, 0) is 5.75 Å². The first-order valence-corrected chi connectivity index (χ1v) is 11.6. The smallest absolute Gasteiger partial charge is 0.266 e. The molecule has 0 radical (unpaired) electrons. The monoisotopic (exact) mass is 446 g/mol. The van der Waals surface area contributed by atoms with Gasteiger partial charge in [0.2, 0.25) is 0 Å². The molecule has 154 valence electrons. The van der Waals surface area contributed by atoms with Crippen LogP contribution in [0.15, 0.2) is 74.9 Å². The first-order chi connectivity index (χ1) is 15.0. The zero-order valence-electron chi connectivity index (χ0n) is 16.9. The molecule has 0 atom stereocenters. The Balaban J connectivity index is 1.66. The highest BCUT2D eigenvalue weighted by atomic mass is 32.2. The number of thioether (sulfide) groups is 1. The molecule has 0 amide bonds. The number of para-hydroxylation sites is 2. The van der Waals surface area contributed by atoms with Crippen LogP contribution in [0.1, 0.15) is 16.8 Å². The van der Waals surface area contributed by atoms with Gasteiger partial charge in [0.15, 0.2) is 10.1 Å². The molecule has 0 bridgehead atoms. The molecule has 31 heavy (non-hydrogen) atoms. The summed E-state index contributed by atoms with van der Waals surface area (Å²) in [5.41, 5.74) is 3.93. The van der Waals surface area contributed by atoms with Gasteiger partial charge < -0.3 is 0 Å². The molecule has 5 rings (SSSR count). The predicted octanol–water partition coefficient (Wildman–Crippen LogP) is 4.36. The predicted molar refractivity (Wildman–Crippen MR) is 126 cm³/mol. The summed E-state index contributed by atoms with van der Waals surface area (Å²) in [6.07, 6.45) is 1.72. The SMILES string of the molecule is Cc1cccc(C)c1-n1c(SCc2cc(=O)n3ccsc3n2)nc2ccccc2c1=O. The van der Waals surface area contributed by atoms with Gasteiger partial charge in [-0.2, -0.15) is 0 Å². The lowest BCUT2D eigenvalue weighted by atomic mass is 10.1. The third-order valence-electron chi connectivity index (χ3n) is 5.11. The van der Waals surface area contributed by atoms with Crippen molar-refractivity contribution in [2.75, 3.05) is 0 Å². The molecule has 3 aromatic heterocycles. The van der Waals surface area contributed by atoms with Crippen molar-refractivity contribution in [3.63, 3.8) is 0 Å². The zero-order valence-corrected chi connectivity index (χ0v) is 18.5. The van der Waals surface area contributed by atoms with Gasteiger partial charge in [-0.25, -0.2) is 9.97 Å². The molecular formula is C23H18N4O2S2. The van der Waals surface area contributed by atoms with Gasteiger partial charge in [-0.3, -0.25) is 18.6 Å². The number of fused-ring (bicyclic) bond motifs is 2. The second-order valence-electron chi connectivity index (χ2n) is 7.22. The fourth-order valence-electron chi connectivity index (χ4n) is 3.66. The minimum atomic E-state index is -0.111. The van der Waals surface area contributed by atoms with E-state index >= 15 is 0 Å². The lowest BCUT2D eigenvalue weighted by molar-refractivity contribution is 0.808. The second-order valence-corrected chi connectivity index (χ2v) is 9.04.